The van der Waals surface area contributed by atoms with Crippen LogP contribution in [0, 0.1) is 0 Å². The third-order valence-electron chi connectivity index (χ3n) is 3.77. The van der Waals surface area contributed by atoms with Crippen molar-refractivity contribution in [3.8, 4) is 0 Å². The molecule has 2 N–H and O–H groups in total. The Morgan fingerprint density at radius 3 is 2.00 bits per heavy atom. The van der Waals surface area contributed by atoms with Gasteiger partial charge in [-0.05, 0) is 17.7 Å². The SMILES string of the molecule is O=C(O)NCC(c1ccccc1)N1C(=O)c2ccccc2C1=O. The van der Waals surface area contributed by atoms with E-state index in [-0.39, 0.29) is 6.54 Å². The van der Waals surface area contributed by atoms with E-state index >= 15 is 0 Å². The van der Waals surface area contributed by atoms with Crippen molar-refractivity contribution < 1.29 is 19.5 Å². The summed E-state index contributed by atoms with van der Waals surface area (Å²) in [4.78, 5) is 37.1. The first-order valence-electron chi connectivity index (χ1n) is 7.08. The van der Waals surface area contributed by atoms with Crippen LogP contribution in [0.1, 0.15) is 32.3 Å². The van der Waals surface area contributed by atoms with E-state index in [1.165, 1.54) is 0 Å². The molecule has 3 rings (SSSR count). The maximum Gasteiger partial charge on any atom is 0.404 e. The number of nitrogens with one attached hydrogen (secondary N) is 1. The molecule has 23 heavy (non-hydrogen) atoms. The highest BCUT2D eigenvalue weighted by atomic mass is 16.4. The van der Waals surface area contributed by atoms with Crippen LogP contribution in [-0.2, 0) is 0 Å². The molecule has 0 saturated heterocycles. The largest absolute Gasteiger partial charge is 0.465 e. The van der Waals surface area contributed by atoms with E-state index in [4.69, 9.17) is 5.11 Å². The molecule has 0 aliphatic carbocycles. The number of carbonyl (C=O) groups is 3. The topological polar surface area (TPSA) is 86.7 Å². The molecule has 0 saturated carbocycles. The van der Waals surface area contributed by atoms with E-state index < -0.39 is 23.9 Å². The first-order chi connectivity index (χ1) is 11.1. The van der Waals surface area contributed by atoms with Gasteiger partial charge in [-0.1, -0.05) is 42.5 Å². The number of carbonyl (C=O) groups excluding carboxylic acids is 2. The van der Waals surface area contributed by atoms with Crippen LogP contribution >= 0.6 is 0 Å². The molecule has 116 valence electrons. The second kappa shape index (κ2) is 5.92. The third kappa shape index (κ3) is 2.66. The summed E-state index contributed by atoms with van der Waals surface area (Å²) in [5.74, 6) is -0.821. The zero-order valence-corrected chi connectivity index (χ0v) is 12.1. The standard InChI is InChI=1S/C17H14N2O4/c20-15-12-8-4-5-9-13(12)16(21)19(15)14(10-18-17(22)23)11-6-2-1-3-7-11/h1-9,14,18H,10H2,(H,22,23). The van der Waals surface area contributed by atoms with Gasteiger partial charge in [-0.3, -0.25) is 14.5 Å². The van der Waals surface area contributed by atoms with E-state index in [1.807, 2.05) is 6.07 Å². The number of nitrogens with zero attached hydrogens (tertiary/aromatic N) is 1. The van der Waals surface area contributed by atoms with Crippen molar-refractivity contribution in [2.24, 2.45) is 0 Å². The summed E-state index contributed by atoms with van der Waals surface area (Å²) < 4.78 is 0. The van der Waals surface area contributed by atoms with Gasteiger partial charge in [0.25, 0.3) is 11.8 Å². The summed E-state index contributed by atoms with van der Waals surface area (Å²) >= 11 is 0. The Hall–Kier alpha value is -3.15. The van der Waals surface area contributed by atoms with Crippen LogP contribution in [0.15, 0.2) is 54.6 Å². The van der Waals surface area contributed by atoms with Gasteiger partial charge in [0.1, 0.15) is 0 Å². The molecule has 1 heterocycles. The van der Waals surface area contributed by atoms with Gasteiger partial charge in [0.2, 0.25) is 0 Å². The van der Waals surface area contributed by atoms with Crippen molar-refractivity contribution in [2.75, 3.05) is 6.54 Å². The molecule has 1 unspecified atom stereocenters. The molecule has 0 spiro atoms. The van der Waals surface area contributed by atoms with Gasteiger partial charge in [-0.15, -0.1) is 0 Å². The Kier molecular flexibility index (Phi) is 3.80. The maximum absolute atomic E-state index is 12.6. The van der Waals surface area contributed by atoms with Crippen LogP contribution in [0.2, 0.25) is 0 Å². The van der Waals surface area contributed by atoms with Gasteiger partial charge >= 0.3 is 6.09 Å². The Bertz CT molecular complexity index is 738. The minimum Gasteiger partial charge on any atom is -0.465 e. The molecule has 1 aliphatic rings. The molecular weight excluding hydrogens is 296 g/mol. The summed E-state index contributed by atoms with van der Waals surface area (Å²) in [5, 5.41) is 11.1. The fourth-order valence-corrected chi connectivity index (χ4v) is 2.71. The number of fused-ring (bicyclic) bond motifs is 1. The first-order valence-corrected chi connectivity index (χ1v) is 7.08. The van der Waals surface area contributed by atoms with Crippen molar-refractivity contribution in [3.05, 3.63) is 71.3 Å². The molecule has 1 atom stereocenters. The molecule has 3 amide bonds. The minimum atomic E-state index is -1.21. The highest BCUT2D eigenvalue weighted by Gasteiger charge is 2.40. The average molecular weight is 310 g/mol. The van der Waals surface area contributed by atoms with E-state index in [1.54, 1.807) is 48.5 Å². The highest BCUT2D eigenvalue weighted by Crippen LogP contribution is 2.31. The van der Waals surface area contributed by atoms with E-state index in [2.05, 4.69) is 5.32 Å². The number of imide groups is 1. The molecule has 2 aromatic carbocycles. The van der Waals surface area contributed by atoms with E-state index in [0.29, 0.717) is 16.7 Å². The lowest BCUT2D eigenvalue weighted by Crippen LogP contribution is -2.40. The van der Waals surface area contributed by atoms with Gasteiger partial charge in [-0.25, -0.2) is 4.79 Å². The molecule has 0 radical (unpaired) electrons. The van der Waals surface area contributed by atoms with Gasteiger partial charge in [0.15, 0.2) is 0 Å². The van der Waals surface area contributed by atoms with Crippen LogP contribution < -0.4 is 5.32 Å². The van der Waals surface area contributed by atoms with Crippen LogP contribution in [0.25, 0.3) is 0 Å². The van der Waals surface area contributed by atoms with Crippen molar-refractivity contribution in [1.82, 2.24) is 10.2 Å². The summed E-state index contributed by atoms with van der Waals surface area (Å²) in [6, 6.07) is 14.8. The zero-order valence-electron chi connectivity index (χ0n) is 12.1. The molecule has 0 bridgehead atoms. The predicted molar refractivity (Wildman–Crippen MR) is 82.2 cm³/mol. The number of carboxylic acid groups (broad SMARTS) is 1. The molecule has 0 aromatic heterocycles. The maximum atomic E-state index is 12.6. The number of hydrogen-bond donors (Lipinski definition) is 2. The molecule has 6 heteroatoms. The number of benzene rings is 2. The lowest BCUT2D eigenvalue weighted by Gasteiger charge is -2.26. The van der Waals surface area contributed by atoms with E-state index in [0.717, 1.165) is 4.90 Å². The molecule has 0 fully saturated rings. The zero-order chi connectivity index (χ0) is 16.4. The highest BCUT2D eigenvalue weighted by molar-refractivity contribution is 6.21. The second-order valence-electron chi connectivity index (χ2n) is 5.14. The molecule has 6 nitrogen and oxygen atoms in total. The fourth-order valence-electron chi connectivity index (χ4n) is 2.71. The first kappa shape index (κ1) is 14.8. The van der Waals surface area contributed by atoms with Crippen molar-refractivity contribution in [1.29, 1.82) is 0 Å². The summed E-state index contributed by atoms with van der Waals surface area (Å²) in [6.45, 7) is -0.0647. The van der Waals surface area contributed by atoms with Gasteiger partial charge in [0, 0.05) is 6.54 Å². The quantitative estimate of drug-likeness (QED) is 0.848. The normalized spacial score (nSPS) is 14.5. The summed E-state index contributed by atoms with van der Waals surface area (Å²) in [6.07, 6.45) is -1.21. The Morgan fingerprint density at radius 2 is 1.48 bits per heavy atom. The number of rotatable bonds is 4. The fraction of sp³-hybridized carbons (Fsp3) is 0.118. The van der Waals surface area contributed by atoms with Crippen LogP contribution in [0.3, 0.4) is 0 Å². The van der Waals surface area contributed by atoms with Crippen LogP contribution in [-0.4, -0.2) is 34.5 Å². The van der Waals surface area contributed by atoms with Crippen LogP contribution in [0.5, 0.6) is 0 Å². The number of hydrogen-bond acceptors (Lipinski definition) is 3. The predicted octanol–water partition coefficient (Wildman–Crippen LogP) is 2.29. The summed E-state index contributed by atoms with van der Waals surface area (Å²) in [5.41, 5.74) is 1.37. The Morgan fingerprint density at radius 1 is 0.957 bits per heavy atom. The minimum absolute atomic E-state index is 0.0647. The smallest absolute Gasteiger partial charge is 0.404 e. The second-order valence-corrected chi connectivity index (χ2v) is 5.14. The third-order valence-corrected chi connectivity index (χ3v) is 3.77. The molecular formula is C17H14N2O4. The number of amides is 3. The molecule has 1 aliphatic heterocycles. The average Bonchev–Trinajstić information content (AvgIpc) is 2.81. The Balaban J connectivity index is 1.99. The Labute approximate surface area is 132 Å². The van der Waals surface area contributed by atoms with Crippen molar-refractivity contribution in [3.63, 3.8) is 0 Å². The lowest BCUT2D eigenvalue weighted by molar-refractivity contribution is 0.0579. The van der Waals surface area contributed by atoms with Gasteiger partial charge < -0.3 is 10.4 Å². The van der Waals surface area contributed by atoms with Crippen LogP contribution in [0.4, 0.5) is 4.79 Å². The van der Waals surface area contributed by atoms with Gasteiger partial charge in [0.05, 0.1) is 17.2 Å². The van der Waals surface area contributed by atoms with E-state index in [9.17, 15) is 14.4 Å². The lowest BCUT2D eigenvalue weighted by atomic mass is 10.1. The van der Waals surface area contributed by atoms with Crippen molar-refractivity contribution in [2.45, 2.75) is 6.04 Å². The van der Waals surface area contributed by atoms with Gasteiger partial charge in [-0.2, -0.15) is 0 Å². The van der Waals surface area contributed by atoms with Crippen molar-refractivity contribution >= 4 is 17.9 Å². The summed E-state index contributed by atoms with van der Waals surface area (Å²) in [7, 11) is 0. The monoisotopic (exact) mass is 310 g/mol. The molecule has 2 aromatic rings.